The van der Waals surface area contributed by atoms with Gasteiger partial charge in [0.1, 0.15) is 0 Å². The van der Waals surface area contributed by atoms with Crippen LogP contribution < -0.4 is 22.1 Å². The summed E-state index contributed by atoms with van der Waals surface area (Å²) in [6.07, 6.45) is -4.49. The summed E-state index contributed by atoms with van der Waals surface area (Å²) in [5.74, 6) is 0. The summed E-state index contributed by atoms with van der Waals surface area (Å²) in [5.41, 5.74) is 9.12. The molecule has 100 valence electrons. The van der Waals surface area contributed by atoms with Gasteiger partial charge in [-0.15, -0.1) is 0 Å². The largest absolute Gasteiger partial charge is 0.418 e. The second kappa shape index (κ2) is 5.48. The number of nitrogens with one attached hydrogen (secondary N) is 2. The lowest BCUT2D eigenvalue weighted by molar-refractivity contribution is -0.136. The Kier molecular flexibility index (Phi) is 4.24. The third-order valence-corrected chi connectivity index (χ3v) is 2.11. The van der Waals surface area contributed by atoms with Crippen LogP contribution in [0, 0.1) is 0 Å². The average molecular weight is 262 g/mol. The number of hydrogen-bond acceptors (Lipinski definition) is 3. The molecule has 1 rings (SSSR count). The molecule has 5 nitrogen and oxygen atoms in total. The molecule has 0 aliphatic carbocycles. The van der Waals surface area contributed by atoms with Crippen molar-refractivity contribution in [3.8, 4) is 0 Å². The number of nitrogen functional groups attached to an aromatic ring is 1. The second-order valence-corrected chi connectivity index (χ2v) is 3.52. The highest BCUT2D eigenvalue weighted by atomic mass is 19.4. The highest BCUT2D eigenvalue weighted by Gasteiger charge is 2.33. The van der Waals surface area contributed by atoms with E-state index in [0.717, 1.165) is 6.07 Å². The Morgan fingerprint density at radius 2 is 1.94 bits per heavy atom. The molecule has 0 heterocycles. The number of benzene rings is 1. The fourth-order valence-corrected chi connectivity index (χ4v) is 1.30. The van der Waals surface area contributed by atoms with E-state index in [1.165, 1.54) is 12.1 Å². The summed E-state index contributed by atoms with van der Waals surface area (Å²) in [7, 11) is 0. The summed E-state index contributed by atoms with van der Waals surface area (Å²) in [6.45, 7) is 0.464. The van der Waals surface area contributed by atoms with Gasteiger partial charge >= 0.3 is 12.2 Å². The molecule has 18 heavy (non-hydrogen) atoms. The minimum Gasteiger partial charge on any atom is -0.398 e. The van der Waals surface area contributed by atoms with Gasteiger partial charge in [0, 0.05) is 24.5 Å². The molecule has 0 saturated heterocycles. The quantitative estimate of drug-likeness (QED) is 0.487. The molecule has 1 aromatic carbocycles. The van der Waals surface area contributed by atoms with Crippen LogP contribution in [0.15, 0.2) is 18.2 Å². The zero-order valence-corrected chi connectivity index (χ0v) is 9.34. The molecule has 1 aromatic rings. The molecular weight excluding hydrogens is 249 g/mol. The van der Waals surface area contributed by atoms with Crippen molar-refractivity contribution in [1.29, 1.82) is 0 Å². The normalized spacial score (nSPS) is 11.1. The van der Waals surface area contributed by atoms with Crippen LogP contribution in [0.1, 0.15) is 5.56 Å². The van der Waals surface area contributed by atoms with Gasteiger partial charge in [-0.3, -0.25) is 0 Å². The van der Waals surface area contributed by atoms with Crippen LogP contribution in [-0.2, 0) is 6.18 Å². The number of hydrogen-bond donors (Lipinski definition) is 4. The van der Waals surface area contributed by atoms with Crippen molar-refractivity contribution in [2.24, 2.45) is 5.73 Å². The van der Waals surface area contributed by atoms with Crippen LogP contribution >= 0.6 is 0 Å². The maximum Gasteiger partial charge on any atom is 0.418 e. The van der Waals surface area contributed by atoms with Gasteiger partial charge in [0.25, 0.3) is 0 Å². The van der Waals surface area contributed by atoms with Crippen molar-refractivity contribution in [1.82, 2.24) is 5.32 Å². The van der Waals surface area contributed by atoms with E-state index in [9.17, 15) is 18.0 Å². The van der Waals surface area contributed by atoms with Crippen LogP contribution in [0.4, 0.5) is 29.3 Å². The van der Waals surface area contributed by atoms with Crippen molar-refractivity contribution >= 4 is 17.4 Å². The van der Waals surface area contributed by atoms with Crippen LogP contribution in [0.2, 0.25) is 0 Å². The smallest absolute Gasteiger partial charge is 0.398 e. The molecule has 0 atom stereocenters. The molecular formula is C10H13F3N4O. The second-order valence-electron chi connectivity index (χ2n) is 3.52. The third kappa shape index (κ3) is 4.04. The molecule has 0 fully saturated rings. The topological polar surface area (TPSA) is 93.2 Å². The van der Waals surface area contributed by atoms with Gasteiger partial charge in [-0.05, 0) is 18.2 Å². The van der Waals surface area contributed by atoms with Gasteiger partial charge in [0.05, 0.1) is 5.56 Å². The number of amides is 2. The molecule has 2 amide bonds. The Balaban J connectivity index is 2.65. The van der Waals surface area contributed by atoms with Crippen molar-refractivity contribution in [2.75, 3.05) is 24.1 Å². The highest BCUT2D eigenvalue weighted by molar-refractivity contribution is 5.71. The number of nitrogens with two attached hydrogens (primary N) is 2. The van der Waals surface area contributed by atoms with Crippen LogP contribution in [0.5, 0.6) is 0 Å². The average Bonchev–Trinajstić information content (AvgIpc) is 2.24. The molecule has 0 aliphatic heterocycles. The number of anilines is 2. The molecule has 0 bridgehead atoms. The van der Waals surface area contributed by atoms with E-state index < -0.39 is 17.8 Å². The fourth-order valence-electron chi connectivity index (χ4n) is 1.30. The van der Waals surface area contributed by atoms with Gasteiger partial charge in [-0.25, -0.2) is 4.79 Å². The van der Waals surface area contributed by atoms with Crippen LogP contribution in [0.3, 0.4) is 0 Å². The Morgan fingerprint density at radius 1 is 1.28 bits per heavy atom. The zero-order valence-electron chi connectivity index (χ0n) is 9.34. The van der Waals surface area contributed by atoms with Gasteiger partial charge in [-0.2, -0.15) is 13.2 Å². The van der Waals surface area contributed by atoms with Crippen LogP contribution in [-0.4, -0.2) is 19.1 Å². The number of primary amides is 1. The first-order chi connectivity index (χ1) is 8.30. The zero-order chi connectivity index (χ0) is 13.8. The Bertz CT molecular complexity index is 434. The Hall–Kier alpha value is -2.12. The maximum atomic E-state index is 12.5. The van der Waals surface area contributed by atoms with Gasteiger partial charge in [-0.1, -0.05) is 0 Å². The summed E-state index contributed by atoms with van der Waals surface area (Å²) in [6, 6.07) is 2.83. The molecule has 0 aromatic heterocycles. The number of urea groups is 1. The van der Waals surface area contributed by atoms with Crippen molar-refractivity contribution in [2.45, 2.75) is 6.18 Å². The standard InChI is InChI=1S/C10H13F3N4O/c11-10(12,13)7-5-6(1-2-8(7)14)16-3-4-17-9(15)18/h1-2,5,16H,3-4,14H2,(H3,15,17,18). The minimum atomic E-state index is -4.49. The van der Waals surface area contributed by atoms with Gasteiger partial charge in [0.15, 0.2) is 0 Å². The van der Waals surface area contributed by atoms with Crippen LogP contribution in [0.25, 0.3) is 0 Å². The van der Waals surface area contributed by atoms with Crippen molar-refractivity contribution < 1.29 is 18.0 Å². The predicted octanol–water partition coefficient (Wildman–Crippen LogP) is 1.37. The third-order valence-electron chi connectivity index (χ3n) is 2.11. The molecule has 0 radical (unpaired) electrons. The fraction of sp³-hybridized carbons (Fsp3) is 0.300. The van der Waals surface area contributed by atoms with Gasteiger partial charge < -0.3 is 22.1 Å². The molecule has 0 unspecified atom stereocenters. The number of halogens is 3. The van der Waals surface area contributed by atoms with Crippen molar-refractivity contribution in [3.05, 3.63) is 23.8 Å². The highest BCUT2D eigenvalue weighted by Crippen LogP contribution is 2.34. The van der Waals surface area contributed by atoms with E-state index in [0.29, 0.717) is 0 Å². The molecule has 6 N–H and O–H groups in total. The lowest BCUT2D eigenvalue weighted by atomic mass is 10.1. The van der Waals surface area contributed by atoms with E-state index in [-0.39, 0.29) is 24.5 Å². The van der Waals surface area contributed by atoms with E-state index in [1.54, 1.807) is 0 Å². The summed E-state index contributed by atoms with van der Waals surface area (Å²) in [5, 5.41) is 5.02. The summed E-state index contributed by atoms with van der Waals surface area (Å²) in [4.78, 5) is 10.4. The Morgan fingerprint density at radius 3 is 2.50 bits per heavy atom. The van der Waals surface area contributed by atoms with E-state index >= 15 is 0 Å². The predicted molar refractivity (Wildman–Crippen MR) is 61.9 cm³/mol. The Labute approximate surface area is 101 Å². The number of alkyl halides is 3. The molecule has 0 spiro atoms. The first-order valence-corrected chi connectivity index (χ1v) is 5.04. The lowest BCUT2D eigenvalue weighted by Crippen LogP contribution is -2.33. The molecule has 0 saturated carbocycles. The molecule has 0 aliphatic rings. The first kappa shape index (κ1) is 13.9. The number of rotatable bonds is 4. The van der Waals surface area contributed by atoms with E-state index in [2.05, 4.69) is 10.6 Å². The van der Waals surface area contributed by atoms with Crippen molar-refractivity contribution in [3.63, 3.8) is 0 Å². The molecule has 8 heteroatoms. The minimum absolute atomic E-state index is 0.209. The monoisotopic (exact) mass is 262 g/mol. The number of carbonyl (C=O) groups excluding carboxylic acids is 1. The lowest BCUT2D eigenvalue weighted by Gasteiger charge is -2.13. The van der Waals surface area contributed by atoms with E-state index in [4.69, 9.17) is 11.5 Å². The van der Waals surface area contributed by atoms with E-state index in [1.807, 2.05) is 0 Å². The summed E-state index contributed by atoms with van der Waals surface area (Å²) < 4.78 is 37.6. The maximum absolute atomic E-state index is 12.5. The number of carbonyl (C=O) groups is 1. The first-order valence-electron chi connectivity index (χ1n) is 5.04. The SMILES string of the molecule is NC(=O)NCCNc1ccc(N)c(C(F)(F)F)c1. The summed E-state index contributed by atoms with van der Waals surface area (Å²) >= 11 is 0. The van der Waals surface area contributed by atoms with Gasteiger partial charge in [0.2, 0.25) is 0 Å².